The Balaban J connectivity index is 1.36. The van der Waals surface area contributed by atoms with Gasteiger partial charge in [-0.1, -0.05) is 35.9 Å². The fourth-order valence-electron chi connectivity index (χ4n) is 3.34. The summed E-state index contributed by atoms with van der Waals surface area (Å²) in [5.41, 5.74) is 3.20. The fraction of sp³-hybridized carbons (Fsp3) is 0.250. The van der Waals surface area contributed by atoms with Crippen LogP contribution >= 0.6 is 22.9 Å². The van der Waals surface area contributed by atoms with Crippen molar-refractivity contribution >= 4 is 28.6 Å². The molecule has 1 aliphatic heterocycles. The number of halogens is 1. The van der Waals surface area contributed by atoms with Crippen molar-refractivity contribution in [3.63, 3.8) is 0 Å². The Bertz CT molecular complexity index is 873. The van der Waals surface area contributed by atoms with Gasteiger partial charge in [0, 0.05) is 16.0 Å². The molecule has 2 heterocycles. The molecule has 0 unspecified atom stereocenters. The second kappa shape index (κ2) is 7.66. The predicted octanol–water partition coefficient (Wildman–Crippen LogP) is 3.07. The highest BCUT2D eigenvalue weighted by atomic mass is 35.5. The summed E-state index contributed by atoms with van der Waals surface area (Å²) >= 11 is 7.64. The van der Waals surface area contributed by atoms with Crippen LogP contribution in [0, 0.1) is 0 Å². The molecule has 1 aromatic heterocycles. The topological polar surface area (TPSA) is 40.8 Å². The third-order valence-corrected chi connectivity index (χ3v) is 5.96. The molecule has 26 heavy (non-hydrogen) atoms. The quantitative estimate of drug-likeness (QED) is 0.724. The molecule has 2 aromatic carbocycles. The van der Waals surface area contributed by atoms with Gasteiger partial charge in [0.05, 0.1) is 31.9 Å². The van der Waals surface area contributed by atoms with Crippen molar-refractivity contribution in [2.75, 3.05) is 31.1 Å². The van der Waals surface area contributed by atoms with E-state index in [2.05, 4.69) is 10.3 Å². The molecule has 134 valence electrons. The lowest BCUT2D eigenvalue weighted by Gasteiger charge is -2.33. The van der Waals surface area contributed by atoms with Crippen molar-refractivity contribution in [2.45, 2.75) is 6.54 Å². The van der Waals surface area contributed by atoms with Crippen LogP contribution in [0.2, 0.25) is 5.02 Å². The minimum absolute atomic E-state index is 0.364. The number of aromatic hydroxyl groups is 1. The normalized spacial score (nSPS) is 15.3. The van der Waals surface area contributed by atoms with Crippen LogP contribution in [0.3, 0.4) is 0 Å². The fourth-order valence-corrected chi connectivity index (χ4v) is 4.29. The van der Waals surface area contributed by atoms with Crippen LogP contribution in [-0.4, -0.2) is 36.3 Å². The molecule has 2 N–H and O–H groups in total. The number of nitrogens with one attached hydrogen (secondary N) is 1. The summed E-state index contributed by atoms with van der Waals surface area (Å²) in [6.07, 6.45) is 0. The second-order valence-electron chi connectivity index (χ2n) is 6.55. The summed E-state index contributed by atoms with van der Waals surface area (Å²) in [7, 11) is 0. The lowest BCUT2D eigenvalue weighted by Crippen LogP contribution is -3.13. The maximum atomic E-state index is 10.0. The standard InChI is InChI=1S/C20H20ClN3OS/c21-16-7-5-15(6-8-16)20-22-17(14-26-20)13-23-9-11-24(12-10-23)18-3-1-2-4-19(18)25/h1-8,14,25H,9-13H2/p+1. The van der Waals surface area contributed by atoms with Gasteiger partial charge < -0.3 is 14.9 Å². The summed E-state index contributed by atoms with van der Waals surface area (Å²) < 4.78 is 0. The van der Waals surface area contributed by atoms with Crippen molar-refractivity contribution in [3.05, 3.63) is 64.6 Å². The van der Waals surface area contributed by atoms with E-state index in [-0.39, 0.29) is 0 Å². The zero-order valence-electron chi connectivity index (χ0n) is 14.4. The molecule has 1 aliphatic rings. The number of benzene rings is 2. The number of rotatable bonds is 4. The zero-order valence-corrected chi connectivity index (χ0v) is 15.9. The molecule has 1 fully saturated rings. The van der Waals surface area contributed by atoms with Crippen molar-refractivity contribution in [3.8, 4) is 16.3 Å². The van der Waals surface area contributed by atoms with Crippen molar-refractivity contribution in [2.24, 2.45) is 0 Å². The van der Waals surface area contributed by atoms with E-state index in [1.807, 2.05) is 42.5 Å². The molecule has 4 rings (SSSR count). The Hall–Kier alpha value is -2.08. The highest BCUT2D eigenvalue weighted by Crippen LogP contribution is 2.26. The van der Waals surface area contributed by atoms with Crippen LogP contribution in [0.1, 0.15) is 5.69 Å². The van der Waals surface area contributed by atoms with Gasteiger partial charge in [-0.15, -0.1) is 11.3 Å². The van der Waals surface area contributed by atoms with Crippen molar-refractivity contribution < 1.29 is 10.0 Å². The Morgan fingerprint density at radius 2 is 1.81 bits per heavy atom. The number of quaternary nitrogens is 1. The van der Waals surface area contributed by atoms with Crippen LogP contribution in [-0.2, 0) is 6.54 Å². The van der Waals surface area contributed by atoms with Crippen LogP contribution in [0.15, 0.2) is 53.9 Å². The molecule has 0 radical (unpaired) electrons. The smallest absolute Gasteiger partial charge is 0.138 e. The second-order valence-corrected chi connectivity index (χ2v) is 7.85. The lowest BCUT2D eigenvalue weighted by molar-refractivity contribution is -0.914. The number of nitrogens with zero attached hydrogens (tertiary/aromatic N) is 2. The van der Waals surface area contributed by atoms with Gasteiger partial charge in [0.15, 0.2) is 0 Å². The first-order chi connectivity index (χ1) is 12.7. The van der Waals surface area contributed by atoms with Gasteiger partial charge in [-0.25, -0.2) is 4.98 Å². The minimum Gasteiger partial charge on any atom is -0.506 e. The van der Waals surface area contributed by atoms with E-state index in [4.69, 9.17) is 16.6 Å². The molecule has 6 heteroatoms. The van der Waals surface area contributed by atoms with Gasteiger partial charge >= 0.3 is 0 Å². The number of phenols is 1. The van der Waals surface area contributed by atoms with Crippen molar-refractivity contribution in [1.82, 2.24) is 4.98 Å². The first-order valence-electron chi connectivity index (χ1n) is 8.76. The Labute approximate surface area is 162 Å². The van der Waals surface area contributed by atoms with Gasteiger partial charge in [0.2, 0.25) is 0 Å². The summed E-state index contributed by atoms with van der Waals surface area (Å²) in [4.78, 5) is 8.59. The molecule has 0 saturated carbocycles. The van der Waals surface area contributed by atoms with Crippen LogP contribution in [0.25, 0.3) is 10.6 Å². The summed E-state index contributed by atoms with van der Waals surface area (Å²) in [5.74, 6) is 0.364. The molecule has 1 saturated heterocycles. The van der Waals surface area contributed by atoms with E-state index in [1.165, 1.54) is 4.90 Å². The van der Waals surface area contributed by atoms with Crippen molar-refractivity contribution in [1.29, 1.82) is 0 Å². The molecular formula is C20H21ClN3OS+. The average Bonchev–Trinajstić information content (AvgIpc) is 3.12. The Morgan fingerprint density at radius 1 is 1.08 bits per heavy atom. The number of hydrogen-bond acceptors (Lipinski definition) is 4. The lowest BCUT2D eigenvalue weighted by atomic mass is 10.2. The molecule has 0 spiro atoms. The van der Waals surface area contributed by atoms with E-state index >= 15 is 0 Å². The molecule has 3 aromatic rings. The van der Waals surface area contributed by atoms with Gasteiger partial charge in [-0.3, -0.25) is 0 Å². The first kappa shape index (κ1) is 17.3. The third-order valence-electron chi connectivity index (χ3n) is 4.77. The number of anilines is 1. The molecular weight excluding hydrogens is 366 g/mol. The Kier molecular flexibility index (Phi) is 5.11. The highest BCUT2D eigenvalue weighted by Gasteiger charge is 2.22. The maximum Gasteiger partial charge on any atom is 0.138 e. The molecule has 0 atom stereocenters. The number of para-hydroxylation sites is 2. The van der Waals surface area contributed by atoms with E-state index < -0.39 is 0 Å². The molecule has 0 aliphatic carbocycles. The number of aromatic nitrogens is 1. The highest BCUT2D eigenvalue weighted by molar-refractivity contribution is 7.13. The van der Waals surface area contributed by atoms with E-state index in [9.17, 15) is 5.11 Å². The summed E-state index contributed by atoms with van der Waals surface area (Å²) in [6, 6.07) is 15.4. The summed E-state index contributed by atoms with van der Waals surface area (Å²) in [5, 5.41) is 14.0. The molecule has 0 bridgehead atoms. The van der Waals surface area contributed by atoms with Crippen LogP contribution in [0.4, 0.5) is 5.69 Å². The predicted molar refractivity (Wildman–Crippen MR) is 107 cm³/mol. The number of piperazine rings is 1. The van der Waals surface area contributed by atoms with Gasteiger partial charge in [-0.2, -0.15) is 0 Å². The van der Waals surface area contributed by atoms with Gasteiger partial charge in [-0.05, 0) is 24.3 Å². The van der Waals surface area contributed by atoms with E-state index in [1.54, 1.807) is 17.4 Å². The number of phenolic OH excluding ortho intramolecular Hbond substituents is 1. The molecule has 0 amide bonds. The van der Waals surface area contributed by atoms with Crippen LogP contribution in [0.5, 0.6) is 5.75 Å². The zero-order chi connectivity index (χ0) is 17.9. The third kappa shape index (κ3) is 3.85. The minimum atomic E-state index is 0.364. The monoisotopic (exact) mass is 386 g/mol. The first-order valence-corrected chi connectivity index (χ1v) is 10.0. The van der Waals surface area contributed by atoms with E-state index in [0.717, 1.165) is 59.7 Å². The number of thiazole rings is 1. The maximum absolute atomic E-state index is 10.0. The Morgan fingerprint density at radius 3 is 2.54 bits per heavy atom. The summed E-state index contributed by atoms with van der Waals surface area (Å²) in [6.45, 7) is 4.92. The van der Waals surface area contributed by atoms with Gasteiger partial charge in [0.1, 0.15) is 23.0 Å². The SMILES string of the molecule is Oc1ccccc1N1CC[NH+](Cc2csc(-c3ccc(Cl)cc3)n2)CC1. The van der Waals surface area contributed by atoms with E-state index in [0.29, 0.717) is 5.75 Å². The van der Waals surface area contributed by atoms with Crippen LogP contribution < -0.4 is 9.80 Å². The van der Waals surface area contributed by atoms with Gasteiger partial charge in [0.25, 0.3) is 0 Å². The molecule has 4 nitrogen and oxygen atoms in total. The number of hydrogen-bond donors (Lipinski definition) is 2. The largest absolute Gasteiger partial charge is 0.506 e. The average molecular weight is 387 g/mol.